The Bertz CT molecular complexity index is 260. The minimum absolute atomic E-state index is 0.431. The standard InChI is InChI=1S/C10H16N2O2/c1-8(2)12-5-3-10(7-11,4-6-12)9(13)14/h8H,3-6H2,1-2H3,(H,13,14). The third-order valence-corrected chi connectivity index (χ3v) is 3.01. The predicted molar refractivity (Wildman–Crippen MR) is 51.6 cm³/mol. The van der Waals surface area contributed by atoms with Crippen LogP contribution in [-0.4, -0.2) is 35.1 Å². The minimum Gasteiger partial charge on any atom is -0.480 e. The highest BCUT2D eigenvalue weighted by molar-refractivity contribution is 5.78. The fourth-order valence-corrected chi connectivity index (χ4v) is 1.80. The first-order chi connectivity index (χ1) is 6.52. The zero-order valence-corrected chi connectivity index (χ0v) is 8.66. The molecule has 0 aromatic heterocycles. The molecule has 4 nitrogen and oxygen atoms in total. The van der Waals surface area contributed by atoms with Crippen LogP contribution in [0.25, 0.3) is 0 Å². The molecule has 1 aliphatic heterocycles. The Morgan fingerprint density at radius 2 is 2.00 bits per heavy atom. The number of carboxylic acids is 1. The van der Waals surface area contributed by atoms with Crippen molar-refractivity contribution >= 4 is 5.97 Å². The summed E-state index contributed by atoms with van der Waals surface area (Å²) in [6, 6.07) is 2.38. The Kier molecular flexibility index (Phi) is 3.12. The van der Waals surface area contributed by atoms with Crippen LogP contribution in [0, 0.1) is 16.7 Å². The van der Waals surface area contributed by atoms with Crippen molar-refractivity contribution in [1.82, 2.24) is 4.90 Å². The van der Waals surface area contributed by atoms with E-state index in [1.165, 1.54) is 0 Å². The smallest absolute Gasteiger partial charge is 0.324 e. The zero-order chi connectivity index (χ0) is 10.8. The molecule has 1 heterocycles. The molecule has 0 amide bonds. The third kappa shape index (κ3) is 1.88. The van der Waals surface area contributed by atoms with E-state index in [-0.39, 0.29) is 0 Å². The first kappa shape index (κ1) is 11.0. The summed E-state index contributed by atoms with van der Waals surface area (Å²) in [5, 5.41) is 17.9. The van der Waals surface area contributed by atoms with Crippen LogP contribution in [0.15, 0.2) is 0 Å². The van der Waals surface area contributed by atoms with Gasteiger partial charge in [0.05, 0.1) is 6.07 Å². The molecule has 0 saturated carbocycles. The van der Waals surface area contributed by atoms with Crippen LogP contribution in [0.2, 0.25) is 0 Å². The number of likely N-dealkylation sites (tertiary alicyclic amines) is 1. The Morgan fingerprint density at radius 1 is 1.50 bits per heavy atom. The van der Waals surface area contributed by atoms with Gasteiger partial charge in [-0.2, -0.15) is 5.26 Å². The third-order valence-electron chi connectivity index (χ3n) is 3.01. The number of rotatable bonds is 2. The summed E-state index contributed by atoms with van der Waals surface area (Å²) in [4.78, 5) is 13.1. The van der Waals surface area contributed by atoms with Crippen LogP contribution >= 0.6 is 0 Å². The van der Waals surface area contributed by atoms with Gasteiger partial charge < -0.3 is 10.0 Å². The van der Waals surface area contributed by atoms with Crippen molar-refractivity contribution < 1.29 is 9.90 Å². The molecular formula is C10H16N2O2. The summed E-state index contributed by atoms with van der Waals surface area (Å²) in [7, 11) is 0. The van der Waals surface area contributed by atoms with Crippen molar-refractivity contribution in [3.63, 3.8) is 0 Å². The van der Waals surface area contributed by atoms with E-state index in [0.717, 1.165) is 0 Å². The van der Waals surface area contributed by atoms with Gasteiger partial charge in [-0.3, -0.25) is 4.79 Å². The van der Waals surface area contributed by atoms with Gasteiger partial charge in [-0.05, 0) is 26.7 Å². The molecule has 1 fully saturated rings. The number of carbonyl (C=O) groups is 1. The monoisotopic (exact) mass is 196 g/mol. The molecule has 0 aromatic carbocycles. The van der Waals surface area contributed by atoms with Crippen molar-refractivity contribution in [2.24, 2.45) is 5.41 Å². The molecule has 0 aliphatic carbocycles. The summed E-state index contributed by atoms with van der Waals surface area (Å²) in [5.41, 5.74) is -1.13. The number of nitriles is 1. The largest absolute Gasteiger partial charge is 0.480 e. The average molecular weight is 196 g/mol. The quantitative estimate of drug-likeness (QED) is 0.718. The summed E-state index contributed by atoms with van der Waals surface area (Å²) in [6.07, 6.45) is 0.883. The molecule has 1 saturated heterocycles. The maximum absolute atomic E-state index is 10.9. The first-order valence-electron chi connectivity index (χ1n) is 4.90. The number of aliphatic carboxylic acids is 1. The fraction of sp³-hybridized carbons (Fsp3) is 0.800. The van der Waals surface area contributed by atoms with E-state index >= 15 is 0 Å². The maximum Gasteiger partial charge on any atom is 0.324 e. The SMILES string of the molecule is CC(C)N1CCC(C#N)(C(=O)O)CC1. The van der Waals surface area contributed by atoms with Crippen LogP contribution in [0.4, 0.5) is 0 Å². The van der Waals surface area contributed by atoms with E-state index in [2.05, 4.69) is 18.7 Å². The Hall–Kier alpha value is -1.08. The number of carboxylic acid groups (broad SMARTS) is 1. The van der Waals surface area contributed by atoms with Gasteiger partial charge in [0.15, 0.2) is 5.41 Å². The minimum atomic E-state index is -1.13. The van der Waals surface area contributed by atoms with Gasteiger partial charge in [-0.1, -0.05) is 0 Å². The van der Waals surface area contributed by atoms with Gasteiger partial charge >= 0.3 is 5.97 Å². The molecule has 0 radical (unpaired) electrons. The average Bonchev–Trinajstić information content (AvgIpc) is 2.17. The van der Waals surface area contributed by atoms with E-state index in [4.69, 9.17) is 10.4 Å². The molecule has 14 heavy (non-hydrogen) atoms. The highest BCUT2D eigenvalue weighted by Crippen LogP contribution is 2.31. The van der Waals surface area contributed by atoms with Crippen LogP contribution < -0.4 is 0 Å². The van der Waals surface area contributed by atoms with Crippen molar-refractivity contribution in [3.05, 3.63) is 0 Å². The van der Waals surface area contributed by atoms with Crippen molar-refractivity contribution in [1.29, 1.82) is 5.26 Å². The number of piperidine rings is 1. The van der Waals surface area contributed by atoms with Crippen LogP contribution in [0.5, 0.6) is 0 Å². The molecule has 0 unspecified atom stereocenters. The van der Waals surface area contributed by atoms with E-state index in [0.29, 0.717) is 32.0 Å². The maximum atomic E-state index is 10.9. The Labute approximate surface area is 84.1 Å². The second-order valence-corrected chi connectivity index (χ2v) is 4.13. The second-order valence-electron chi connectivity index (χ2n) is 4.13. The molecule has 4 heteroatoms. The van der Waals surface area contributed by atoms with Crippen molar-refractivity contribution in [2.45, 2.75) is 32.7 Å². The lowest BCUT2D eigenvalue weighted by molar-refractivity contribution is -0.148. The summed E-state index contributed by atoms with van der Waals surface area (Å²) in [5.74, 6) is -0.969. The van der Waals surface area contributed by atoms with E-state index in [9.17, 15) is 4.79 Å². The van der Waals surface area contributed by atoms with Crippen molar-refractivity contribution in [2.75, 3.05) is 13.1 Å². The fourth-order valence-electron chi connectivity index (χ4n) is 1.80. The van der Waals surface area contributed by atoms with E-state index < -0.39 is 11.4 Å². The van der Waals surface area contributed by atoms with Gasteiger partial charge in [0, 0.05) is 19.1 Å². The highest BCUT2D eigenvalue weighted by Gasteiger charge is 2.42. The molecule has 0 aromatic rings. The summed E-state index contributed by atoms with van der Waals surface area (Å²) in [6.45, 7) is 5.58. The van der Waals surface area contributed by atoms with Crippen molar-refractivity contribution in [3.8, 4) is 6.07 Å². The highest BCUT2D eigenvalue weighted by atomic mass is 16.4. The lowest BCUT2D eigenvalue weighted by Gasteiger charge is -2.36. The number of hydrogen-bond donors (Lipinski definition) is 1. The van der Waals surface area contributed by atoms with E-state index in [1.54, 1.807) is 0 Å². The molecule has 0 bridgehead atoms. The van der Waals surface area contributed by atoms with Gasteiger partial charge in [-0.25, -0.2) is 0 Å². The number of hydrogen-bond acceptors (Lipinski definition) is 3. The Balaban J connectivity index is 2.65. The molecule has 1 aliphatic rings. The normalized spacial score (nSPS) is 21.9. The van der Waals surface area contributed by atoms with Gasteiger partial charge in [0.25, 0.3) is 0 Å². The predicted octanol–water partition coefficient (Wildman–Crippen LogP) is 1.09. The molecule has 1 rings (SSSR count). The van der Waals surface area contributed by atoms with E-state index in [1.807, 2.05) is 6.07 Å². The Morgan fingerprint density at radius 3 is 2.29 bits per heavy atom. The van der Waals surface area contributed by atoms with Crippen LogP contribution in [-0.2, 0) is 4.79 Å². The first-order valence-corrected chi connectivity index (χ1v) is 4.90. The zero-order valence-electron chi connectivity index (χ0n) is 8.66. The van der Waals surface area contributed by atoms with Crippen LogP contribution in [0.3, 0.4) is 0 Å². The second kappa shape index (κ2) is 3.97. The molecule has 1 N–H and O–H groups in total. The number of nitrogens with zero attached hydrogens (tertiary/aromatic N) is 2. The summed E-state index contributed by atoms with van der Waals surface area (Å²) >= 11 is 0. The molecule has 0 atom stereocenters. The molecule has 0 spiro atoms. The lowest BCUT2D eigenvalue weighted by Crippen LogP contribution is -2.46. The molecule has 78 valence electrons. The van der Waals surface area contributed by atoms with Gasteiger partial charge in [0.2, 0.25) is 0 Å². The lowest BCUT2D eigenvalue weighted by atomic mass is 9.79. The van der Waals surface area contributed by atoms with Crippen LogP contribution in [0.1, 0.15) is 26.7 Å². The summed E-state index contributed by atoms with van der Waals surface area (Å²) < 4.78 is 0. The van der Waals surface area contributed by atoms with Gasteiger partial charge in [-0.15, -0.1) is 0 Å². The van der Waals surface area contributed by atoms with Gasteiger partial charge in [0.1, 0.15) is 0 Å². The molecular weight excluding hydrogens is 180 g/mol. The topological polar surface area (TPSA) is 64.3 Å².